The molecule has 1 atom stereocenters. The molecule has 2 aromatic heterocycles. The number of hydrogen-bond acceptors (Lipinski definition) is 4. The van der Waals surface area contributed by atoms with Crippen LogP contribution in [0.2, 0.25) is 0 Å². The summed E-state index contributed by atoms with van der Waals surface area (Å²) in [5.41, 5.74) is 2.09. The van der Waals surface area contributed by atoms with E-state index in [0.717, 1.165) is 17.7 Å². The van der Waals surface area contributed by atoms with Gasteiger partial charge in [-0.15, -0.1) is 0 Å². The number of rotatable bonds is 6. The quantitative estimate of drug-likeness (QED) is 0.193. The van der Waals surface area contributed by atoms with Crippen LogP contribution in [-0.4, -0.2) is 28.3 Å². The Morgan fingerprint density at radius 1 is 0.868 bits per heavy atom. The van der Waals surface area contributed by atoms with Crippen LogP contribution in [0.15, 0.2) is 91.4 Å². The fraction of sp³-hybridized carbons (Fsp3) is 0.0385. The van der Waals surface area contributed by atoms with Crippen LogP contribution in [0.5, 0.6) is 0 Å². The SMILES string of the molecule is O=S(O)Nc1cccc(-c2c(-c3ccc(F)cc3)nc(C(F)(F)F)nc2-n2cnc(-c3ccccc3)c2)c1. The summed E-state index contributed by atoms with van der Waals surface area (Å²) in [4.78, 5) is 12.1. The number of hydrogen-bond donors (Lipinski definition) is 2. The molecule has 1 unspecified atom stereocenters. The van der Waals surface area contributed by atoms with Gasteiger partial charge in [0.1, 0.15) is 12.1 Å². The first-order chi connectivity index (χ1) is 18.2. The van der Waals surface area contributed by atoms with E-state index in [0.29, 0.717) is 11.3 Å². The minimum Gasteiger partial charge on any atom is -0.289 e. The van der Waals surface area contributed by atoms with Crippen molar-refractivity contribution in [1.82, 2.24) is 19.5 Å². The second-order valence-corrected chi connectivity index (χ2v) is 8.77. The van der Waals surface area contributed by atoms with Crippen LogP contribution in [0.3, 0.4) is 0 Å². The lowest BCUT2D eigenvalue weighted by Gasteiger charge is -2.18. The minimum atomic E-state index is -4.89. The molecule has 0 aliphatic carbocycles. The Hall–Kier alpha value is -4.42. The fourth-order valence-electron chi connectivity index (χ4n) is 3.88. The van der Waals surface area contributed by atoms with Crippen molar-refractivity contribution in [3.63, 3.8) is 0 Å². The first-order valence-corrected chi connectivity index (χ1v) is 12.1. The van der Waals surface area contributed by atoms with Crippen LogP contribution < -0.4 is 4.72 Å². The molecule has 5 aromatic rings. The highest BCUT2D eigenvalue weighted by Gasteiger charge is 2.37. The molecule has 5 rings (SSSR count). The number of halogens is 4. The maximum absolute atomic E-state index is 14.0. The third-order valence-corrected chi connectivity index (χ3v) is 5.92. The van der Waals surface area contributed by atoms with Gasteiger partial charge in [-0.3, -0.25) is 13.8 Å². The standard InChI is InChI=1S/C26H17F4N5O2S/c27-19-11-9-17(10-12-19)23-22(18-7-4-8-20(13-18)34-38(36)37)24(33-25(32-23)26(28,29)30)35-14-21(31-15-35)16-5-2-1-3-6-16/h1-15,34H,(H,36,37). The Labute approximate surface area is 216 Å². The summed E-state index contributed by atoms with van der Waals surface area (Å²) in [6.45, 7) is 0. The van der Waals surface area contributed by atoms with Crippen molar-refractivity contribution in [2.45, 2.75) is 6.18 Å². The molecule has 0 aliphatic heterocycles. The molecule has 0 saturated carbocycles. The highest BCUT2D eigenvalue weighted by atomic mass is 32.2. The van der Waals surface area contributed by atoms with Gasteiger partial charge in [0.05, 0.1) is 17.0 Å². The van der Waals surface area contributed by atoms with Gasteiger partial charge in [-0.25, -0.2) is 23.6 Å². The van der Waals surface area contributed by atoms with Gasteiger partial charge in [-0.1, -0.05) is 42.5 Å². The zero-order valence-corrected chi connectivity index (χ0v) is 20.0. The van der Waals surface area contributed by atoms with Crippen molar-refractivity contribution in [2.75, 3.05) is 4.72 Å². The van der Waals surface area contributed by atoms with Crippen LogP contribution in [-0.2, 0) is 17.4 Å². The molecule has 7 nitrogen and oxygen atoms in total. The Bertz CT molecular complexity index is 1620. The van der Waals surface area contributed by atoms with Gasteiger partial charge in [-0.05, 0) is 42.0 Å². The first kappa shape index (κ1) is 25.2. The molecule has 2 heterocycles. The first-order valence-electron chi connectivity index (χ1n) is 11.0. The molecule has 3 aromatic carbocycles. The van der Waals surface area contributed by atoms with Crippen LogP contribution in [0.4, 0.5) is 23.2 Å². The summed E-state index contributed by atoms with van der Waals surface area (Å²) in [7, 11) is 0. The Balaban J connectivity index is 1.81. The summed E-state index contributed by atoms with van der Waals surface area (Å²) >= 11 is -2.39. The molecule has 0 aliphatic rings. The molecule has 38 heavy (non-hydrogen) atoms. The normalized spacial score (nSPS) is 12.3. The van der Waals surface area contributed by atoms with E-state index in [1.807, 2.05) is 30.3 Å². The highest BCUT2D eigenvalue weighted by molar-refractivity contribution is 7.80. The van der Waals surface area contributed by atoms with Gasteiger partial charge in [-0.2, -0.15) is 13.2 Å². The van der Waals surface area contributed by atoms with E-state index in [-0.39, 0.29) is 28.3 Å². The van der Waals surface area contributed by atoms with Crippen molar-refractivity contribution >= 4 is 17.0 Å². The number of aromatic nitrogens is 4. The highest BCUT2D eigenvalue weighted by Crippen LogP contribution is 2.39. The van der Waals surface area contributed by atoms with E-state index in [4.69, 9.17) is 0 Å². The maximum atomic E-state index is 14.0. The molecule has 12 heteroatoms. The van der Waals surface area contributed by atoms with E-state index in [2.05, 4.69) is 19.7 Å². The summed E-state index contributed by atoms with van der Waals surface area (Å²) < 4.78 is 79.9. The molecule has 0 bridgehead atoms. The predicted molar refractivity (Wildman–Crippen MR) is 135 cm³/mol. The Morgan fingerprint density at radius 3 is 2.26 bits per heavy atom. The molecule has 2 N–H and O–H groups in total. The largest absolute Gasteiger partial charge is 0.451 e. The van der Waals surface area contributed by atoms with Gasteiger partial charge in [0.15, 0.2) is 5.82 Å². The molecule has 192 valence electrons. The third-order valence-electron chi connectivity index (χ3n) is 5.51. The maximum Gasteiger partial charge on any atom is 0.451 e. The zero-order valence-electron chi connectivity index (χ0n) is 19.2. The molecule has 0 amide bonds. The fourth-order valence-corrected chi connectivity index (χ4v) is 4.21. The third kappa shape index (κ3) is 5.31. The lowest BCUT2D eigenvalue weighted by molar-refractivity contribution is -0.144. The van der Waals surface area contributed by atoms with Gasteiger partial charge < -0.3 is 0 Å². The second kappa shape index (κ2) is 10.1. The van der Waals surface area contributed by atoms with E-state index in [9.17, 15) is 26.3 Å². The minimum absolute atomic E-state index is 0.112. The average Bonchev–Trinajstić information content (AvgIpc) is 3.38. The number of nitrogens with one attached hydrogen (secondary N) is 1. The monoisotopic (exact) mass is 539 g/mol. The molecular formula is C26H17F4N5O2S. The lowest BCUT2D eigenvalue weighted by atomic mass is 9.98. The van der Waals surface area contributed by atoms with E-state index in [1.165, 1.54) is 35.2 Å². The summed E-state index contributed by atoms with van der Waals surface area (Å²) in [5.74, 6) is -2.10. The van der Waals surface area contributed by atoms with Crippen LogP contribution >= 0.6 is 0 Å². The molecule has 0 spiro atoms. The second-order valence-electron chi connectivity index (χ2n) is 8.06. The van der Waals surface area contributed by atoms with Crippen LogP contribution in [0.25, 0.3) is 39.5 Å². The average molecular weight is 540 g/mol. The smallest absolute Gasteiger partial charge is 0.289 e. The summed E-state index contributed by atoms with van der Waals surface area (Å²) in [6, 6.07) is 20.1. The Kier molecular flexibility index (Phi) is 6.74. The Morgan fingerprint density at radius 2 is 1.58 bits per heavy atom. The number of nitrogens with zero attached hydrogens (tertiary/aromatic N) is 4. The number of anilines is 1. The number of imidazole rings is 1. The van der Waals surface area contributed by atoms with Gasteiger partial charge in [0.2, 0.25) is 5.82 Å². The molecule has 0 radical (unpaired) electrons. The van der Waals surface area contributed by atoms with Crippen molar-refractivity contribution in [3.05, 3.63) is 103 Å². The van der Waals surface area contributed by atoms with Gasteiger partial charge in [0.25, 0.3) is 11.3 Å². The lowest BCUT2D eigenvalue weighted by Crippen LogP contribution is -2.15. The van der Waals surface area contributed by atoms with E-state index in [1.54, 1.807) is 18.3 Å². The van der Waals surface area contributed by atoms with Gasteiger partial charge in [0, 0.05) is 23.0 Å². The van der Waals surface area contributed by atoms with Crippen molar-refractivity contribution < 1.29 is 26.3 Å². The van der Waals surface area contributed by atoms with Crippen molar-refractivity contribution in [1.29, 1.82) is 0 Å². The van der Waals surface area contributed by atoms with Crippen LogP contribution in [0, 0.1) is 5.82 Å². The topological polar surface area (TPSA) is 92.9 Å². The number of benzene rings is 3. The molecule has 0 fully saturated rings. The van der Waals surface area contributed by atoms with Gasteiger partial charge >= 0.3 is 6.18 Å². The predicted octanol–water partition coefficient (Wildman–Crippen LogP) is 6.37. The van der Waals surface area contributed by atoms with Crippen molar-refractivity contribution in [2.24, 2.45) is 0 Å². The van der Waals surface area contributed by atoms with E-state index < -0.39 is 29.1 Å². The zero-order chi connectivity index (χ0) is 26.9. The van der Waals surface area contributed by atoms with Crippen LogP contribution in [0.1, 0.15) is 5.82 Å². The molecule has 0 saturated heterocycles. The summed E-state index contributed by atoms with van der Waals surface area (Å²) in [6.07, 6.45) is -2.00. The van der Waals surface area contributed by atoms with Crippen molar-refractivity contribution in [3.8, 4) is 39.5 Å². The summed E-state index contributed by atoms with van der Waals surface area (Å²) in [5, 5.41) is 0. The number of alkyl halides is 3. The van der Waals surface area contributed by atoms with E-state index >= 15 is 0 Å². The molecular weight excluding hydrogens is 522 g/mol.